The molecule has 1 aliphatic rings. The van der Waals surface area contributed by atoms with E-state index in [0.29, 0.717) is 16.5 Å². The molecule has 0 amide bonds. The number of benzene rings is 1. The number of halogens is 1. The highest BCUT2D eigenvalue weighted by molar-refractivity contribution is 6.31. The molecule has 0 aliphatic heterocycles. The average molecular weight is 315 g/mol. The smallest absolute Gasteiger partial charge is 0.121 e. The van der Waals surface area contributed by atoms with Crippen molar-refractivity contribution in [3.05, 3.63) is 46.7 Å². The van der Waals surface area contributed by atoms with E-state index in [-0.39, 0.29) is 6.10 Å². The minimum atomic E-state index is 0.243. The lowest BCUT2D eigenvalue weighted by Crippen LogP contribution is -2.23. The molecule has 4 heteroatoms. The molecule has 0 radical (unpaired) electrons. The van der Waals surface area contributed by atoms with E-state index < -0.39 is 0 Å². The van der Waals surface area contributed by atoms with Crippen molar-refractivity contribution in [2.45, 2.75) is 37.7 Å². The van der Waals surface area contributed by atoms with Gasteiger partial charge < -0.3 is 4.74 Å². The molecule has 22 heavy (non-hydrogen) atoms. The van der Waals surface area contributed by atoms with E-state index in [1.54, 1.807) is 0 Å². The van der Waals surface area contributed by atoms with Gasteiger partial charge in [-0.15, -0.1) is 6.42 Å². The van der Waals surface area contributed by atoms with Crippen LogP contribution in [0, 0.1) is 12.3 Å². The van der Waals surface area contributed by atoms with Crippen molar-refractivity contribution in [2.75, 3.05) is 0 Å². The van der Waals surface area contributed by atoms with Crippen molar-refractivity contribution in [3.8, 4) is 18.1 Å². The van der Waals surface area contributed by atoms with Gasteiger partial charge in [0, 0.05) is 30.8 Å². The lowest BCUT2D eigenvalue weighted by molar-refractivity contribution is 0.145. The maximum atomic E-state index is 6.12. The number of hydrogen-bond acceptors (Lipinski definition) is 2. The van der Waals surface area contributed by atoms with E-state index in [2.05, 4.69) is 17.1 Å². The molecule has 0 saturated heterocycles. The first kappa shape index (κ1) is 15.0. The van der Waals surface area contributed by atoms with Gasteiger partial charge in [-0.3, -0.25) is 4.68 Å². The van der Waals surface area contributed by atoms with Gasteiger partial charge in [0.1, 0.15) is 5.75 Å². The zero-order chi connectivity index (χ0) is 15.5. The minimum absolute atomic E-state index is 0.243. The molecule has 1 aromatic heterocycles. The fourth-order valence-corrected chi connectivity index (χ4v) is 3.23. The lowest BCUT2D eigenvalue weighted by atomic mass is 9.85. The van der Waals surface area contributed by atoms with Crippen LogP contribution in [-0.4, -0.2) is 15.9 Å². The van der Waals surface area contributed by atoms with Crippen LogP contribution in [0.5, 0.6) is 5.75 Å². The number of rotatable bonds is 3. The fourth-order valence-electron chi connectivity index (χ4n) is 3.01. The number of aromatic nitrogens is 2. The van der Waals surface area contributed by atoms with Crippen LogP contribution >= 0.6 is 11.6 Å². The van der Waals surface area contributed by atoms with E-state index in [4.69, 9.17) is 22.8 Å². The number of hydrogen-bond donors (Lipinski definition) is 0. The first-order valence-electron chi connectivity index (χ1n) is 7.58. The number of aryl methyl sites for hydroxylation is 1. The molecule has 1 heterocycles. The van der Waals surface area contributed by atoms with Gasteiger partial charge in [-0.1, -0.05) is 17.5 Å². The van der Waals surface area contributed by atoms with Crippen LogP contribution in [-0.2, 0) is 7.05 Å². The molecule has 0 bridgehead atoms. The quantitative estimate of drug-likeness (QED) is 0.795. The predicted octanol–water partition coefficient (Wildman–Crippen LogP) is 4.16. The van der Waals surface area contributed by atoms with Gasteiger partial charge in [0.05, 0.1) is 16.8 Å². The molecule has 0 spiro atoms. The average Bonchev–Trinajstić information content (AvgIpc) is 2.95. The first-order chi connectivity index (χ1) is 10.7. The van der Waals surface area contributed by atoms with Crippen molar-refractivity contribution >= 4 is 11.6 Å². The summed E-state index contributed by atoms with van der Waals surface area (Å²) < 4.78 is 7.91. The van der Waals surface area contributed by atoms with Gasteiger partial charge in [0.25, 0.3) is 0 Å². The summed E-state index contributed by atoms with van der Waals surface area (Å²) in [7, 11) is 1.96. The van der Waals surface area contributed by atoms with Gasteiger partial charge in [-0.05, 0) is 43.9 Å². The minimum Gasteiger partial charge on any atom is -0.490 e. The van der Waals surface area contributed by atoms with E-state index in [0.717, 1.165) is 31.4 Å². The van der Waals surface area contributed by atoms with Crippen molar-refractivity contribution in [1.29, 1.82) is 0 Å². The van der Waals surface area contributed by atoms with Gasteiger partial charge in [0.2, 0.25) is 0 Å². The first-order valence-corrected chi connectivity index (χ1v) is 7.96. The molecule has 0 atom stereocenters. The van der Waals surface area contributed by atoms with E-state index >= 15 is 0 Å². The Morgan fingerprint density at radius 3 is 2.64 bits per heavy atom. The molecule has 1 fully saturated rings. The standard InChI is InChI=1S/C18H19ClN2O/c1-3-13-4-9-16(12-17(13)19)22-15-7-5-14(6-8-15)18-10-11-21(2)20-18/h1,4,9-12,14-15H,5-8H2,2H3/t14-,15-. The maximum Gasteiger partial charge on any atom is 0.121 e. The van der Waals surface area contributed by atoms with Gasteiger partial charge in [-0.25, -0.2) is 0 Å². The van der Waals surface area contributed by atoms with Gasteiger partial charge in [0.15, 0.2) is 0 Å². The third-order valence-corrected chi connectivity index (χ3v) is 4.54. The molecular weight excluding hydrogens is 296 g/mol. The Hall–Kier alpha value is -1.92. The van der Waals surface area contributed by atoms with Crippen LogP contribution in [0.4, 0.5) is 0 Å². The largest absolute Gasteiger partial charge is 0.490 e. The Kier molecular flexibility index (Phi) is 4.40. The third kappa shape index (κ3) is 3.28. The molecule has 3 nitrogen and oxygen atoms in total. The van der Waals surface area contributed by atoms with Crippen molar-refractivity contribution in [2.24, 2.45) is 7.05 Å². The number of nitrogens with zero attached hydrogens (tertiary/aromatic N) is 2. The van der Waals surface area contributed by atoms with Crippen LogP contribution in [0.2, 0.25) is 5.02 Å². The van der Waals surface area contributed by atoms with Crippen molar-refractivity contribution in [1.82, 2.24) is 9.78 Å². The van der Waals surface area contributed by atoms with Crippen molar-refractivity contribution < 1.29 is 4.74 Å². The Morgan fingerprint density at radius 1 is 1.27 bits per heavy atom. The maximum absolute atomic E-state index is 6.12. The topological polar surface area (TPSA) is 27.1 Å². The Balaban J connectivity index is 1.58. The number of terminal acetylenes is 1. The Bertz CT molecular complexity index is 693. The fraction of sp³-hybridized carbons (Fsp3) is 0.389. The molecule has 2 aromatic rings. The third-order valence-electron chi connectivity index (χ3n) is 4.23. The number of ether oxygens (including phenoxy) is 1. The SMILES string of the molecule is C#Cc1ccc(O[C@H]2CC[C@H](c3ccn(C)n3)CC2)cc1Cl. The molecule has 1 saturated carbocycles. The summed E-state index contributed by atoms with van der Waals surface area (Å²) in [6.45, 7) is 0. The summed E-state index contributed by atoms with van der Waals surface area (Å²) in [6, 6.07) is 7.65. The van der Waals surface area contributed by atoms with Crippen LogP contribution < -0.4 is 4.74 Å². The predicted molar refractivity (Wildman–Crippen MR) is 88.2 cm³/mol. The highest BCUT2D eigenvalue weighted by atomic mass is 35.5. The second-order valence-electron chi connectivity index (χ2n) is 5.79. The molecule has 1 aromatic carbocycles. The lowest BCUT2D eigenvalue weighted by Gasteiger charge is -2.28. The second-order valence-corrected chi connectivity index (χ2v) is 6.20. The highest BCUT2D eigenvalue weighted by Crippen LogP contribution is 2.34. The zero-order valence-corrected chi connectivity index (χ0v) is 13.4. The molecule has 1 aliphatic carbocycles. The summed E-state index contributed by atoms with van der Waals surface area (Å²) in [4.78, 5) is 0. The monoisotopic (exact) mass is 314 g/mol. The molecule has 114 valence electrons. The summed E-state index contributed by atoms with van der Waals surface area (Å²) in [6.07, 6.45) is 11.9. The van der Waals surface area contributed by atoms with Crippen LogP contribution in [0.3, 0.4) is 0 Å². The summed E-state index contributed by atoms with van der Waals surface area (Å²) >= 11 is 6.12. The van der Waals surface area contributed by atoms with Crippen LogP contribution in [0.25, 0.3) is 0 Å². The summed E-state index contributed by atoms with van der Waals surface area (Å²) in [5.41, 5.74) is 1.90. The van der Waals surface area contributed by atoms with E-state index in [9.17, 15) is 0 Å². The zero-order valence-electron chi connectivity index (χ0n) is 12.6. The molecule has 3 rings (SSSR count). The van der Waals surface area contributed by atoms with E-state index in [1.807, 2.05) is 36.1 Å². The van der Waals surface area contributed by atoms with E-state index in [1.165, 1.54) is 5.69 Å². The second kappa shape index (κ2) is 6.46. The molecule has 0 N–H and O–H groups in total. The Labute approximate surface area is 136 Å². The highest BCUT2D eigenvalue weighted by Gasteiger charge is 2.25. The van der Waals surface area contributed by atoms with Crippen molar-refractivity contribution in [3.63, 3.8) is 0 Å². The van der Waals surface area contributed by atoms with Crippen LogP contribution in [0.1, 0.15) is 42.9 Å². The van der Waals surface area contributed by atoms with Gasteiger partial charge >= 0.3 is 0 Å². The normalized spacial score (nSPS) is 21.3. The molecular formula is C18H19ClN2O. The summed E-state index contributed by atoms with van der Waals surface area (Å²) in [5, 5.41) is 5.09. The Morgan fingerprint density at radius 2 is 2.05 bits per heavy atom. The molecule has 0 unspecified atom stereocenters. The summed E-state index contributed by atoms with van der Waals surface area (Å²) in [5.74, 6) is 3.90. The van der Waals surface area contributed by atoms with Gasteiger partial charge in [-0.2, -0.15) is 5.10 Å². The van der Waals surface area contributed by atoms with Crippen LogP contribution in [0.15, 0.2) is 30.5 Å².